The van der Waals surface area contributed by atoms with Crippen LogP contribution in [0.25, 0.3) is 0 Å². The Kier molecular flexibility index (Phi) is 6.43. The third-order valence-corrected chi connectivity index (χ3v) is 7.59. The van der Waals surface area contributed by atoms with Gasteiger partial charge in [-0.1, -0.05) is 36.4 Å². The van der Waals surface area contributed by atoms with Crippen LogP contribution in [0.4, 0.5) is 0 Å². The highest BCUT2D eigenvalue weighted by atomic mass is 16.2. The van der Waals surface area contributed by atoms with Gasteiger partial charge in [0.1, 0.15) is 6.04 Å². The summed E-state index contributed by atoms with van der Waals surface area (Å²) in [6.07, 6.45) is 4.79. The van der Waals surface area contributed by atoms with E-state index in [1.807, 2.05) is 67.3 Å². The van der Waals surface area contributed by atoms with Crippen LogP contribution >= 0.6 is 0 Å². The summed E-state index contributed by atoms with van der Waals surface area (Å²) in [6, 6.07) is 14.9. The second kappa shape index (κ2) is 9.66. The number of hydrogen-bond donors (Lipinski definition) is 3. The van der Waals surface area contributed by atoms with Crippen molar-refractivity contribution in [2.45, 2.75) is 51.1 Å². The molecule has 2 amide bonds. The quantitative estimate of drug-likeness (QED) is 0.534. The summed E-state index contributed by atoms with van der Waals surface area (Å²) in [6.45, 7) is 6.18. The Morgan fingerprint density at radius 3 is 2.60 bits per heavy atom. The third-order valence-electron chi connectivity index (χ3n) is 7.59. The molecule has 1 fully saturated rings. The van der Waals surface area contributed by atoms with Gasteiger partial charge in [0, 0.05) is 43.7 Å². The number of nitrogens with one attached hydrogen (secondary N) is 3. The maximum absolute atomic E-state index is 13.7. The first-order valence-corrected chi connectivity index (χ1v) is 12.4. The number of carbonyl (C=O) groups is 2. The molecule has 35 heavy (non-hydrogen) atoms. The molecular formula is C28H33N5O2. The van der Waals surface area contributed by atoms with E-state index in [9.17, 15) is 9.59 Å². The molecule has 2 aliphatic heterocycles. The first-order chi connectivity index (χ1) is 16.9. The lowest BCUT2D eigenvalue weighted by molar-refractivity contribution is -0.135. The van der Waals surface area contributed by atoms with E-state index >= 15 is 0 Å². The molecule has 0 saturated carbocycles. The van der Waals surface area contributed by atoms with Crippen molar-refractivity contribution < 1.29 is 9.59 Å². The predicted molar refractivity (Wildman–Crippen MR) is 135 cm³/mol. The van der Waals surface area contributed by atoms with Crippen LogP contribution in [0.3, 0.4) is 0 Å². The van der Waals surface area contributed by atoms with Crippen molar-refractivity contribution in [1.29, 1.82) is 0 Å². The third kappa shape index (κ3) is 4.73. The van der Waals surface area contributed by atoms with Gasteiger partial charge in [-0.3, -0.25) is 9.59 Å². The van der Waals surface area contributed by atoms with Crippen LogP contribution in [0.15, 0.2) is 54.9 Å². The number of benzene rings is 2. The predicted octanol–water partition coefficient (Wildman–Crippen LogP) is 3.03. The zero-order chi connectivity index (χ0) is 24.4. The number of likely N-dealkylation sites (tertiary alicyclic amines) is 1. The zero-order valence-corrected chi connectivity index (χ0v) is 20.4. The van der Waals surface area contributed by atoms with Gasteiger partial charge in [-0.2, -0.15) is 0 Å². The van der Waals surface area contributed by atoms with E-state index in [0.717, 1.165) is 48.2 Å². The second-order valence-corrected chi connectivity index (χ2v) is 9.83. The molecule has 5 rings (SSSR count). The monoisotopic (exact) mass is 471 g/mol. The number of fused-ring (bicyclic) bond motifs is 2. The van der Waals surface area contributed by atoms with Crippen LogP contribution in [0.1, 0.15) is 51.3 Å². The summed E-state index contributed by atoms with van der Waals surface area (Å²) < 4.78 is 0. The van der Waals surface area contributed by atoms with Crippen molar-refractivity contribution in [2.24, 2.45) is 0 Å². The average Bonchev–Trinajstić information content (AvgIpc) is 3.37. The summed E-state index contributed by atoms with van der Waals surface area (Å²) in [4.78, 5) is 36.6. The molecule has 0 unspecified atom stereocenters. The average molecular weight is 472 g/mol. The van der Waals surface area contributed by atoms with Crippen molar-refractivity contribution in [1.82, 2.24) is 25.5 Å². The minimum Gasteiger partial charge on any atom is -0.348 e. The summed E-state index contributed by atoms with van der Waals surface area (Å²) >= 11 is 0. The number of amides is 2. The molecule has 1 saturated heterocycles. The highest BCUT2D eigenvalue weighted by Crippen LogP contribution is 2.36. The van der Waals surface area contributed by atoms with Gasteiger partial charge in [-0.05, 0) is 55.5 Å². The van der Waals surface area contributed by atoms with Crippen LogP contribution in [0.5, 0.6) is 0 Å². The Morgan fingerprint density at radius 1 is 1.09 bits per heavy atom. The summed E-state index contributed by atoms with van der Waals surface area (Å²) in [5, 5.41) is 6.72. The lowest BCUT2D eigenvalue weighted by Crippen LogP contribution is -2.58. The Labute approximate surface area is 206 Å². The van der Waals surface area contributed by atoms with Crippen LogP contribution in [-0.2, 0) is 23.2 Å². The highest BCUT2D eigenvalue weighted by molar-refractivity contribution is 5.97. The van der Waals surface area contributed by atoms with E-state index < -0.39 is 6.04 Å². The number of hydrogen-bond acceptors (Lipinski definition) is 4. The van der Waals surface area contributed by atoms with Crippen molar-refractivity contribution in [3.05, 3.63) is 88.5 Å². The van der Waals surface area contributed by atoms with Gasteiger partial charge in [0.15, 0.2) is 0 Å². The molecule has 0 radical (unpaired) electrons. The Morgan fingerprint density at radius 2 is 1.86 bits per heavy atom. The van der Waals surface area contributed by atoms with E-state index in [1.54, 1.807) is 6.33 Å². The Bertz CT molecular complexity index is 1210. The largest absolute Gasteiger partial charge is 0.348 e. The molecule has 3 aromatic rings. The molecule has 2 aliphatic rings. The first-order valence-electron chi connectivity index (χ1n) is 12.4. The molecule has 2 aromatic carbocycles. The highest BCUT2D eigenvalue weighted by Gasteiger charge is 2.42. The normalized spacial score (nSPS) is 17.6. The molecule has 3 heterocycles. The molecule has 7 heteroatoms. The maximum Gasteiger partial charge on any atom is 0.251 e. The summed E-state index contributed by atoms with van der Waals surface area (Å²) in [5.41, 5.74) is 5.91. The van der Waals surface area contributed by atoms with E-state index in [0.29, 0.717) is 25.1 Å². The first kappa shape index (κ1) is 23.3. The zero-order valence-electron chi connectivity index (χ0n) is 20.4. The molecule has 182 valence electrons. The van der Waals surface area contributed by atoms with E-state index in [2.05, 4.69) is 20.6 Å². The van der Waals surface area contributed by atoms with E-state index in [1.165, 1.54) is 5.69 Å². The SMILES string of the molecule is Cc1ccc(C(=O)N[C@H](Cc2ccccc2)C(=O)N2CCC3(CC2)NCCc2[nH]cnc23)cc1C. The molecule has 3 N–H and O–H groups in total. The van der Waals surface area contributed by atoms with Crippen LogP contribution < -0.4 is 10.6 Å². The van der Waals surface area contributed by atoms with Gasteiger partial charge < -0.3 is 20.5 Å². The molecule has 1 spiro atoms. The Balaban J connectivity index is 1.32. The molecule has 0 bridgehead atoms. The van der Waals surface area contributed by atoms with Gasteiger partial charge in [0.05, 0.1) is 17.6 Å². The molecule has 1 aromatic heterocycles. The van der Waals surface area contributed by atoms with Crippen LogP contribution in [0.2, 0.25) is 0 Å². The number of aryl methyl sites for hydroxylation is 2. The lowest BCUT2D eigenvalue weighted by atomic mass is 9.80. The number of nitrogens with zero attached hydrogens (tertiary/aromatic N) is 2. The maximum atomic E-state index is 13.7. The standard InChI is InChI=1S/C28H33N5O2/c1-19-8-9-22(16-20(19)2)26(34)32-24(17-21-6-4-3-5-7-21)27(35)33-14-11-28(12-15-33)25-23(10-13-31-28)29-18-30-25/h3-9,16,18,24,31H,10-15,17H2,1-2H3,(H,29,30)(H,32,34)/t24-/m1/s1. The topological polar surface area (TPSA) is 90.1 Å². The van der Waals surface area contributed by atoms with Gasteiger partial charge >= 0.3 is 0 Å². The fourth-order valence-corrected chi connectivity index (χ4v) is 5.35. The van der Waals surface area contributed by atoms with E-state index in [4.69, 9.17) is 0 Å². The van der Waals surface area contributed by atoms with Crippen LogP contribution in [-0.4, -0.2) is 52.4 Å². The number of imidazole rings is 1. The molecule has 1 atom stereocenters. The lowest BCUT2D eigenvalue weighted by Gasteiger charge is -2.44. The molecular weight excluding hydrogens is 438 g/mol. The second-order valence-electron chi connectivity index (χ2n) is 9.83. The van der Waals surface area contributed by atoms with Gasteiger partial charge in [-0.25, -0.2) is 4.98 Å². The van der Waals surface area contributed by atoms with Gasteiger partial charge in [0.2, 0.25) is 5.91 Å². The summed E-state index contributed by atoms with van der Waals surface area (Å²) in [7, 11) is 0. The number of carbonyl (C=O) groups excluding carboxylic acids is 2. The van der Waals surface area contributed by atoms with Crippen molar-refractivity contribution in [3.8, 4) is 0 Å². The summed E-state index contributed by atoms with van der Waals surface area (Å²) in [5.74, 6) is -0.245. The smallest absolute Gasteiger partial charge is 0.251 e. The van der Waals surface area contributed by atoms with Gasteiger partial charge in [0.25, 0.3) is 5.91 Å². The van der Waals surface area contributed by atoms with E-state index in [-0.39, 0.29) is 17.4 Å². The van der Waals surface area contributed by atoms with Crippen molar-refractivity contribution >= 4 is 11.8 Å². The van der Waals surface area contributed by atoms with Gasteiger partial charge in [-0.15, -0.1) is 0 Å². The number of H-pyrrole nitrogens is 1. The molecule has 0 aliphatic carbocycles. The number of rotatable bonds is 5. The minimum absolute atomic E-state index is 0.0288. The minimum atomic E-state index is -0.624. The van der Waals surface area contributed by atoms with Crippen molar-refractivity contribution in [3.63, 3.8) is 0 Å². The number of aromatic nitrogens is 2. The molecule has 7 nitrogen and oxygen atoms in total. The Hall–Kier alpha value is -3.45. The number of piperidine rings is 1. The fourth-order valence-electron chi connectivity index (χ4n) is 5.35. The number of aromatic amines is 1. The van der Waals surface area contributed by atoms with Crippen LogP contribution in [0, 0.1) is 13.8 Å². The van der Waals surface area contributed by atoms with Crippen molar-refractivity contribution in [2.75, 3.05) is 19.6 Å². The fraction of sp³-hybridized carbons (Fsp3) is 0.393.